The SMILES string of the molecule is Cc1cc2cc(C(=O)/C(C#N)=C/N(C)C)ncc2cc1NS(C)(=O)=O. The largest absolute Gasteiger partial charge is 0.382 e. The second-order valence-electron chi connectivity index (χ2n) is 5.91. The van der Waals surface area contributed by atoms with Gasteiger partial charge in [-0.1, -0.05) is 0 Å². The van der Waals surface area contributed by atoms with Crippen LogP contribution < -0.4 is 4.72 Å². The summed E-state index contributed by atoms with van der Waals surface area (Å²) in [7, 11) is 0.0519. The molecule has 1 N–H and O–H groups in total. The standard InChI is InChI=1S/C17H18N4O3S/c1-11-5-12-6-16(17(22)14(8-18)10-21(2)3)19-9-13(12)7-15(11)20-25(4,23)24/h5-7,9-10,20H,1-4H3/b14-10+. The van der Waals surface area contributed by atoms with Crippen LogP contribution in [0, 0.1) is 18.3 Å². The van der Waals surface area contributed by atoms with Crippen LogP contribution in [0.4, 0.5) is 5.69 Å². The minimum absolute atomic E-state index is 0.0102. The van der Waals surface area contributed by atoms with E-state index in [1.54, 1.807) is 44.1 Å². The molecule has 0 spiro atoms. The molecule has 1 aromatic heterocycles. The van der Waals surface area contributed by atoms with Crippen LogP contribution in [0.1, 0.15) is 16.1 Å². The number of sulfonamides is 1. The van der Waals surface area contributed by atoms with Crippen molar-refractivity contribution in [1.29, 1.82) is 5.26 Å². The minimum atomic E-state index is -3.39. The number of anilines is 1. The number of ketones is 1. The van der Waals surface area contributed by atoms with E-state index >= 15 is 0 Å². The van der Waals surface area contributed by atoms with Gasteiger partial charge < -0.3 is 4.90 Å². The Labute approximate surface area is 146 Å². The first-order valence-corrected chi connectivity index (χ1v) is 9.21. The maximum absolute atomic E-state index is 12.4. The monoisotopic (exact) mass is 358 g/mol. The number of nitrogens with one attached hydrogen (secondary N) is 1. The first kappa shape index (κ1) is 18.4. The summed E-state index contributed by atoms with van der Waals surface area (Å²) in [4.78, 5) is 18.2. The molecule has 130 valence electrons. The van der Waals surface area contributed by atoms with Gasteiger partial charge in [0.05, 0.1) is 11.9 Å². The van der Waals surface area contributed by atoms with Crippen molar-refractivity contribution in [2.45, 2.75) is 6.92 Å². The van der Waals surface area contributed by atoms with Gasteiger partial charge in [0.2, 0.25) is 15.8 Å². The summed E-state index contributed by atoms with van der Waals surface area (Å²) in [6.45, 7) is 1.77. The van der Waals surface area contributed by atoms with Gasteiger partial charge in [-0.15, -0.1) is 0 Å². The molecular weight excluding hydrogens is 340 g/mol. The topological polar surface area (TPSA) is 103 Å². The molecule has 8 heteroatoms. The number of carbonyl (C=O) groups excluding carboxylic acids is 1. The molecule has 0 aliphatic carbocycles. The zero-order chi connectivity index (χ0) is 18.8. The van der Waals surface area contributed by atoms with Crippen LogP contribution in [-0.4, -0.2) is 44.4 Å². The van der Waals surface area contributed by atoms with Crippen molar-refractivity contribution in [1.82, 2.24) is 9.88 Å². The number of aromatic nitrogens is 1. The van der Waals surface area contributed by atoms with Crippen LogP contribution in [0.25, 0.3) is 10.8 Å². The number of aryl methyl sites for hydroxylation is 1. The van der Waals surface area contributed by atoms with E-state index in [9.17, 15) is 13.2 Å². The highest BCUT2D eigenvalue weighted by atomic mass is 32.2. The molecule has 2 rings (SSSR count). The number of pyridine rings is 1. The van der Waals surface area contributed by atoms with E-state index in [0.29, 0.717) is 16.6 Å². The zero-order valence-electron chi connectivity index (χ0n) is 14.4. The molecule has 0 saturated heterocycles. The van der Waals surface area contributed by atoms with Crippen molar-refractivity contribution in [2.24, 2.45) is 0 Å². The predicted molar refractivity (Wildman–Crippen MR) is 96.7 cm³/mol. The Bertz CT molecular complexity index is 1020. The van der Waals surface area contributed by atoms with Gasteiger partial charge in [-0.25, -0.2) is 8.42 Å². The van der Waals surface area contributed by atoms with Gasteiger partial charge in [0.25, 0.3) is 0 Å². The lowest BCUT2D eigenvalue weighted by atomic mass is 10.0. The Morgan fingerprint density at radius 1 is 1.28 bits per heavy atom. The lowest BCUT2D eigenvalue weighted by molar-refractivity contribution is 0.103. The third-order valence-electron chi connectivity index (χ3n) is 3.35. The summed E-state index contributed by atoms with van der Waals surface area (Å²) in [6.07, 6.45) is 4.01. The number of hydrogen-bond donors (Lipinski definition) is 1. The minimum Gasteiger partial charge on any atom is -0.382 e. The summed E-state index contributed by atoms with van der Waals surface area (Å²) < 4.78 is 25.3. The number of fused-ring (bicyclic) bond motifs is 1. The molecular formula is C17H18N4O3S. The molecule has 0 aliphatic rings. The van der Waals surface area contributed by atoms with E-state index < -0.39 is 15.8 Å². The fourth-order valence-corrected chi connectivity index (χ4v) is 2.90. The van der Waals surface area contributed by atoms with Gasteiger partial charge in [-0.05, 0) is 36.1 Å². The highest BCUT2D eigenvalue weighted by molar-refractivity contribution is 7.92. The first-order valence-electron chi connectivity index (χ1n) is 7.32. The second-order valence-corrected chi connectivity index (χ2v) is 7.65. The normalized spacial score (nSPS) is 11.9. The van der Waals surface area contributed by atoms with Crippen LogP contribution in [0.5, 0.6) is 0 Å². The van der Waals surface area contributed by atoms with Crippen molar-refractivity contribution < 1.29 is 13.2 Å². The lowest BCUT2D eigenvalue weighted by Crippen LogP contribution is -2.11. The van der Waals surface area contributed by atoms with Crippen LogP contribution in [-0.2, 0) is 10.0 Å². The Balaban J connectivity index is 2.49. The molecule has 0 atom stereocenters. The van der Waals surface area contributed by atoms with Crippen molar-refractivity contribution in [2.75, 3.05) is 25.1 Å². The van der Waals surface area contributed by atoms with Crippen LogP contribution in [0.15, 0.2) is 36.2 Å². The maximum atomic E-state index is 12.4. The van der Waals surface area contributed by atoms with Gasteiger partial charge in [0.1, 0.15) is 17.3 Å². The fraction of sp³-hybridized carbons (Fsp3) is 0.235. The maximum Gasteiger partial charge on any atom is 0.229 e. The number of carbonyl (C=O) groups is 1. The smallest absolute Gasteiger partial charge is 0.229 e. The molecule has 0 saturated carbocycles. The van der Waals surface area contributed by atoms with Crippen LogP contribution >= 0.6 is 0 Å². The molecule has 2 aromatic rings. The number of nitriles is 1. The number of allylic oxidation sites excluding steroid dienone is 1. The van der Waals surface area contributed by atoms with Crippen molar-refractivity contribution in [3.63, 3.8) is 0 Å². The zero-order valence-corrected chi connectivity index (χ0v) is 15.2. The third-order valence-corrected chi connectivity index (χ3v) is 3.94. The Kier molecular flexibility index (Phi) is 5.09. The fourth-order valence-electron chi connectivity index (χ4n) is 2.28. The Morgan fingerprint density at radius 3 is 2.52 bits per heavy atom. The second kappa shape index (κ2) is 6.91. The van der Waals surface area contributed by atoms with Gasteiger partial charge in [-0.3, -0.25) is 14.5 Å². The summed E-state index contributed by atoms with van der Waals surface area (Å²) in [6, 6.07) is 6.90. The Hall–Kier alpha value is -2.92. The van der Waals surface area contributed by atoms with E-state index in [0.717, 1.165) is 11.6 Å². The number of Topliss-reactive ketones (excluding diaryl/α,β-unsaturated/α-hetero) is 1. The molecule has 7 nitrogen and oxygen atoms in total. The molecule has 25 heavy (non-hydrogen) atoms. The predicted octanol–water partition coefficient (Wildman–Crippen LogP) is 2.07. The molecule has 1 heterocycles. The summed E-state index contributed by atoms with van der Waals surface area (Å²) in [5.41, 5.74) is 1.32. The molecule has 0 unspecified atom stereocenters. The molecule has 0 bridgehead atoms. The van der Waals surface area contributed by atoms with E-state index in [1.165, 1.54) is 12.4 Å². The molecule has 0 aliphatic heterocycles. The van der Waals surface area contributed by atoms with E-state index in [-0.39, 0.29) is 11.3 Å². The number of benzene rings is 1. The van der Waals surface area contributed by atoms with Gasteiger partial charge in [0, 0.05) is 31.9 Å². The van der Waals surface area contributed by atoms with Gasteiger partial charge in [-0.2, -0.15) is 5.26 Å². The molecule has 1 aromatic carbocycles. The number of rotatable bonds is 5. The first-order chi connectivity index (χ1) is 11.6. The highest BCUT2D eigenvalue weighted by Gasteiger charge is 2.15. The lowest BCUT2D eigenvalue weighted by Gasteiger charge is -2.10. The van der Waals surface area contributed by atoms with Crippen molar-refractivity contribution >= 4 is 32.3 Å². The average molecular weight is 358 g/mol. The summed E-state index contributed by atoms with van der Waals surface area (Å²) in [5.74, 6) is -0.464. The van der Waals surface area contributed by atoms with E-state index in [1.807, 2.05) is 6.07 Å². The van der Waals surface area contributed by atoms with Crippen molar-refractivity contribution in [3.8, 4) is 6.07 Å². The molecule has 0 radical (unpaired) electrons. The van der Waals surface area contributed by atoms with Crippen LogP contribution in [0.2, 0.25) is 0 Å². The van der Waals surface area contributed by atoms with E-state index in [2.05, 4.69) is 9.71 Å². The third kappa shape index (κ3) is 4.55. The number of nitrogens with zero attached hydrogens (tertiary/aromatic N) is 3. The van der Waals surface area contributed by atoms with Crippen molar-refractivity contribution in [3.05, 3.63) is 47.4 Å². The van der Waals surface area contributed by atoms with Crippen LogP contribution in [0.3, 0.4) is 0 Å². The number of hydrogen-bond acceptors (Lipinski definition) is 6. The molecule has 0 amide bonds. The van der Waals surface area contributed by atoms with E-state index in [4.69, 9.17) is 5.26 Å². The highest BCUT2D eigenvalue weighted by Crippen LogP contribution is 2.25. The van der Waals surface area contributed by atoms with Gasteiger partial charge >= 0.3 is 0 Å². The average Bonchev–Trinajstić information content (AvgIpc) is 2.50. The summed E-state index contributed by atoms with van der Waals surface area (Å²) >= 11 is 0. The quantitative estimate of drug-likeness (QED) is 0.498. The molecule has 0 fully saturated rings. The van der Waals surface area contributed by atoms with Gasteiger partial charge in [0.15, 0.2) is 0 Å². The Morgan fingerprint density at radius 2 is 1.96 bits per heavy atom. The summed E-state index contributed by atoms with van der Waals surface area (Å²) in [5, 5.41) is 10.6.